The van der Waals surface area contributed by atoms with E-state index in [9.17, 15) is 24.3 Å². The van der Waals surface area contributed by atoms with E-state index >= 15 is 0 Å². The van der Waals surface area contributed by atoms with Gasteiger partial charge < -0.3 is 20.3 Å². The fourth-order valence-electron chi connectivity index (χ4n) is 5.04. The quantitative estimate of drug-likeness (QED) is 0.476. The molecule has 4 amide bonds. The SMILES string of the molecule is C=CC(=O)NCc1ccc2[nH]c3c(c2c1Cc1ccc(C(=O)O)cc1)C1CN(C3)C(=O)N(C)C1=O. The Labute approximate surface area is 201 Å². The van der Waals surface area contributed by atoms with Crippen molar-refractivity contribution in [1.29, 1.82) is 0 Å². The van der Waals surface area contributed by atoms with Crippen LogP contribution in [0.1, 0.15) is 44.2 Å². The van der Waals surface area contributed by atoms with Crippen LogP contribution >= 0.6 is 0 Å². The third-order valence-electron chi connectivity index (χ3n) is 6.80. The van der Waals surface area contributed by atoms with Crippen molar-refractivity contribution in [3.63, 3.8) is 0 Å². The molecule has 35 heavy (non-hydrogen) atoms. The number of urea groups is 1. The zero-order valence-corrected chi connectivity index (χ0v) is 19.1. The van der Waals surface area contributed by atoms with Crippen LogP contribution < -0.4 is 5.32 Å². The number of carboxylic acid groups (broad SMARTS) is 1. The Morgan fingerprint density at radius 3 is 2.63 bits per heavy atom. The molecule has 178 valence electrons. The molecule has 1 fully saturated rings. The Hall–Kier alpha value is -4.40. The van der Waals surface area contributed by atoms with Crippen molar-refractivity contribution in [3.05, 3.63) is 82.6 Å². The topological polar surface area (TPSA) is 123 Å². The van der Waals surface area contributed by atoms with Crippen molar-refractivity contribution >= 4 is 34.7 Å². The number of nitrogens with zero attached hydrogens (tertiary/aromatic N) is 2. The summed E-state index contributed by atoms with van der Waals surface area (Å²) in [4.78, 5) is 55.0. The number of rotatable bonds is 6. The predicted molar refractivity (Wildman–Crippen MR) is 128 cm³/mol. The second-order valence-electron chi connectivity index (χ2n) is 8.86. The number of fused-ring (bicyclic) bond motifs is 6. The molecule has 9 nitrogen and oxygen atoms in total. The van der Waals surface area contributed by atoms with Gasteiger partial charge in [-0.15, -0.1) is 0 Å². The van der Waals surface area contributed by atoms with E-state index in [1.807, 2.05) is 12.1 Å². The summed E-state index contributed by atoms with van der Waals surface area (Å²) in [6.45, 7) is 4.48. The minimum Gasteiger partial charge on any atom is -0.478 e. The highest BCUT2D eigenvalue weighted by Crippen LogP contribution is 2.41. The summed E-state index contributed by atoms with van der Waals surface area (Å²) in [6.07, 6.45) is 1.68. The summed E-state index contributed by atoms with van der Waals surface area (Å²) < 4.78 is 0. The number of carbonyl (C=O) groups excluding carboxylic acids is 3. The van der Waals surface area contributed by atoms with Gasteiger partial charge in [0.1, 0.15) is 0 Å². The standard InChI is InChI=1S/C26H24N4O5/c1-3-21(31)27-11-16-8-9-19-22(17(16)10-14-4-6-15(7-5-14)25(33)34)23-18-12-30(13-20(23)28-19)26(35)29(2)24(18)32/h3-9,18,28H,1,10-13H2,2H3,(H,27,31)(H,33,34). The minimum atomic E-state index is -0.995. The molecule has 3 aromatic rings. The Balaban J connectivity index is 1.66. The fraction of sp³-hybridized carbons (Fsp3) is 0.231. The molecular weight excluding hydrogens is 448 g/mol. The van der Waals surface area contributed by atoms with Crippen LogP contribution in [0.3, 0.4) is 0 Å². The van der Waals surface area contributed by atoms with Crippen LogP contribution in [0.2, 0.25) is 0 Å². The van der Waals surface area contributed by atoms with E-state index in [1.165, 1.54) is 18.0 Å². The lowest BCUT2D eigenvalue weighted by molar-refractivity contribution is -0.132. The Morgan fingerprint density at radius 2 is 1.94 bits per heavy atom. The summed E-state index contributed by atoms with van der Waals surface area (Å²) in [6, 6.07) is 10.2. The molecule has 3 heterocycles. The number of carboxylic acids is 1. The summed E-state index contributed by atoms with van der Waals surface area (Å²) in [5.74, 6) is -2.02. The van der Waals surface area contributed by atoms with Crippen LogP contribution in [0.5, 0.6) is 0 Å². The van der Waals surface area contributed by atoms with Gasteiger partial charge in [-0.05, 0) is 52.9 Å². The van der Waals surface area contributed by atoms with E-state index in [2.05, 4.69) is 16.9 Å². The maximum absolute atomic E-state index is 13.1. The molecule has 1 aromatic heterocycles. The third kappa shape index (κ3) is 3.74. The Morgan fingerprint density at radius 1 is 1.20 bits per heavy atom. The summed E-state index contributed by atoms with van der Waals surface area (Å²) in [5, 5.41) is 13.0. The van der Waals surface area contributed by atoms with E-state index in [-0.39, 0.29) is 30.0 Å². The first kappa shape index (κ1) is 22.4. The van der Waals surface area contributed by atoms with Gasteiger partial charge in [-0.1, -0.05) is 24.8 Å². The highest BCUT2D eigenvalue weighted by molar-refractivity contribution is 6.04. The van der Waals surface area contributed by atoms with Crippen LogP contribution in [0.15, 0.2) is 49.1 Å². The molecule has 1 saturated heterocycles. The van der Waals surface area contributed by atoms with Crippen molar-refractivity contribution < 1.29 is 24.3 Å². The molecule has 2 aromatic carbocycles. The highest BCUT2D eigenvalue weighted by Gasteiger charge is 2.44. The van der Waals surface area contributed by atoms with Crippen molar-refractivity contribution in [3.8, 4) is 0 Å². The molecule has 3 N–H and O–H groups in total. The number of hydrogen-bond acceptors (Lipinski definition) is 4. The monoisotopic (exact) mass is 472 g/mol. The van der Waals surface area contributed by atoms with E-state index in [0.717, 1.165) is 38.9 Å². The molecule has 0 aliphatic carbocycles. The van der Waals surface area contributed by atoms with Crippen LogP contribution in [0, 0.1) is 0 Å². The summed E-state index contributed by atoms with van der Waals surface area (Å²) in [7, 11) is 1.50. The molecule has 9 heteroatoms. The van der Waals surface area contributed by atoms with E-state index in [1.54, 1.807) is 29.2 Å². The fourth-order valence-corrected chi connectivity index (χ4v) is 5.04. The third-order valence-corrected chi connectivity index (χ3v) is 6.80. The van der Waals surface area contributed by atoms with Gasteiger partial charge >= 0.3 is 12.0 Å². The molecule has 1 unspecified atom stereocenters. The summed E-state index contributed by atoms with van der Waals surface area (Å²) >= 11 is 0. The second-order valence-corrected chi connectivity index (χ2v) is 8.86. The zero-order chi connectivity index (χ0) is 24.9. The number of aromatic amines is 1. The Bertz CT molecular complexity index is 1410. The molecular formula is C26H24N4O5. The number of hydrogen-bond donors (Lipinski definition) is 3. The van der Waals surface area contributed by atoms with Gasteiger partial charge in [0.05, 0.1) is 18.0 Å². The Kier molecular flexibility index (Phi) is 5.39. The number of aromatic nitrogens is 1. The maximum Gasteiger partial charge on any atom is 0.335 e. The van der Waals surface area contributed by atoms with Gasteiger partial charge in [-0.3, -0.25) is 14.5 Å². The van der Waals surface area contributed by atoms with Crippen molar-refractivity contribution in [2.45, 2.75) is 25.4 Å². The number of benzene rings is 2. The second kappa shape index (κ2) is 8.43. The van der Waals surface area contributed by atoms with Gasteiger partial charge in [-0.25, -0.2) is 9.59 Å². The molecule has 0 radical (unpaired) electrons. The normalized spacial score (nSPS) is 16.9. The van der Waals surface area contributed by atoms with Gasteiger partial charge in [-0.2, -0.15) is 0 Å². The lowest BCUT2D eigenvalue weighted by atomic mass is 9.85. The first-order valence-corrected chi connectivity index (χ1v) is 11.2. The van der Waals surface area contributed by atoms with Crippen molar-refractivity contribution in [1.82, 2.24) is 20.1 Å². The molecule has 2 aliphatic heterocycles. The number of likely N-dealkylation sites (N-methyl/N-ethyl adjacent to an activating group) is 1. The number of nitrogens with one attached hydrogen (secondary N) is 2. The largest absolute Gasteiger partial charge is 0.478 e. The van der Waals surface area contributed by atoms with Gasteiger partial charge in [0.15, 0.2) is 0 Å². The average Bonchev–Trinajstić information content (AvgIpc) is 3.24. The lowest BCUT2D eigenvalue weighted by Crippen LogP contribution is -2.55. The first-order chi connectivity index (χ1) is 16.8. The number of carbonyl (C=O) groups is 4. The maximum atomic E-state index is 13.1. The zero-order valence-electron chi connectivity index (χ0n) is 19.1. The number of aromatic carboxylic acids is 1. The average molecular weight is 473 g/mol. The van der Waals surface area contributed by atoms with Crippen molar-refractivity contribution in [2.24, 2.45) is 0 Å². The first-order valence-electron chi connectivity index (χ1n) is 11.2. The van der Waals surface area contributed by atoms with Crippen LogP contribution in [-0.2, 0) is 29.1 Å². The molecule has 5 rings (SSSR count). The molecule has 2 bridgehead atoms. The van der Waals surface area contributed by atoms with Crippen LogP contribution in [0.4, 0.5) is 4.79 Å². The predicted octanol–water partition coefficient (Wildman–Crippen LogP) is 2.75. The smallest absolute Gasteiger partial charge is 0.335 e. The number of H-pyrrole nitrogens is 1. The lowest BCUT2D eigenvalue weighted by Gasteiger charge is -2.40. The van der Waals surface area contributed by atoms with E-state index in [4.69, 9.17) is 0 Å². The van der Waals surface area contributed by atoms with Crippen molar-refractivity contribution in [2.75, 3.05) is 13.6 Å². The van der Waals surface area contributed by atoms with Crippen LogP contribution in [-0.4, -0.2) is 57.3 Å². The molecule has 2 aliphatic rings. The molecule has 0 spiro atoms. The number of amides is 4. The highest BCUT2D eigenvalue weighted by atomic mass is 16.4. The minimum absolute atomic E-state index is 0.199. The van der Waals surface area contributed by atoms with Gasteiger partial charge in [0, 0.05) is 36.7 Å². The van der Waals surface area contributed by atoms with Crippen LogP contribution in [0.25, 0.3) is 10.9 Å². The summed E-state index contributed by atoms with van der Waals surface area (Å²) in [5.41, 5.74) is 5.48. The number of imide groups is 1. The van der Waals surface area contributed by atoms with Gasteiger partial charge in [0.25, 0.3) is 0 Å². The molecule has 0 saturated carbocycles. The molecule has 1 atom stereocenters. The van der Waals surface area contributed by atoms with Gasteiger partial charge in [0.2, 0.25) is 11.8 Å². The van der Waals surface area contributed by atoms with E-state index in [0.29, 0.717) is 19.5 Å². The van der Waals surface area contributed by atoms with E-state index < -0.39 is 11.9 Å².